The minimum atomic E-state index is -0.737. The Morgan fingerprint density at radius 2 is 1.88 bits per heavy atom. The molecule has 1 amide bonds. The SMILES string of the molecule is Cc1ccccc1C(O)CNC(=O)c1cc(C)n(-c2ccccn2)c1C. The maximum Gasteiger partial charge on any atom is 0.253 e. The zero-order valence-electron chi connectivity index (χ0n) is 15.2. The lowest BCUT2D eigenvalue weighted by Crippen LogP contribution is -2.29. The highest BCUT2D eigenvalue weighted by molar-refractivity contribution is 5.95. The number of carbonyl (C=O) groups excluding carboxylic acids is 1. The second-order valence-corrected chi connectivity index (χ2v) is 6.39. The first-order valence-corrected chi connectivity index (χ1v) is 8.61. The van der Waals surface area contributed by atoms with Crippen molar-refractivity contribution in [3.63, 3.8) is 0 Å². The van der Waals surface area contributed by atoms with Crippen molar-refractivity contribution in [2.24, 2.45) is 0 Å². The van der Waals surface area contributed by atoms with Crippen LogP contribution in [0.1, 0.15) is 39.0 Å². The van der Waals surface area contributed by atoms with Gasteiger partial charge in [-0.2, -0.15) is 0 Å². The predicted molar refractivity (Wildman–Crippen MR) is 102 cm³/mol. The van der Waals surface area contributed by atoms with E-state index >= 15 is 0 Å². The Labute approximate surface area is 153 Å². The zero-order chi connectivity index (χ0) is 18.7. The number of nitrogens with zero attached hydrogens (tertiary/aromatic N) is 2. The Hall–Kier alpha value is -2.92. The molecule has 0 fully saturated rings. The molecule has 0 saturated carbocycles. The van der Waals surface area contributed by atoms with E-state index in [4.69, 9.17) is 0 Å². The van der Waals surface area contributed by atoms with Crippen LogP contribution >= 0.6 is 0 Å². The molecule has 2 aromatic heterocycles. The second-order valence-electron chi connectivity index (χ2n) is 6.39. The van der Waals surface area contributed by atoms with Crippen LogP contribution in [0.2, 0.25) is 0 Å². The van der Waals surface area contributed by atoms with Crippen LogP contribution in [0.5, 0.6) is 0 Å². The third-order valence-electron chi connectivity index (χ3n) is 4.56. The Balaban J connectivity index is 1.76. The Kier molecular flexibility index (Phi) is 5.19. The van der Waals surface area contributed by atoms with E-state index in [1.54, 1.807) is 6.20 Å². The summed E-state index contributed by atoms with van der Waals surface area (Å²) in [5, 5.41) is 13.2. The summed E-state index contributed by atoms with van der Waals surface area (Å²) >= 11 is 0. The lowest BCUT2D eigenvalue weighted by molar-refractivity contribution is 0.0915. The number of benzene rings is 1. The number of nitrogens with one attached hydrogen (secondary N) is 1. The van der Waals surface area contributed by atoms with Crippen molar-refractivity contribution < 1.29 is 9.90 Å². The van der Waals surface area contributed by atoms with Gasteiger partial charge in [-0.25, -0.2) is 4.98 Å². The number of aromatic nitrogens is 2. The number of hydrogen-bond donors (Lipinski definition) is 2. The van der Waals surface area contributed by atoms with Gasteiger partial charge in [0.2, 0.25) is 0 Å². The molecule has 26 heavy (non-hydrogen) atoms. The number of carbonyl (C=O) groups is 1. The van der Waals surface area contributed by atoms with Crippen LogP contribution < -0.4 is 5.32 Å². The first-order valence-electron chi connectivity index (χ1n) is 8.61. The lowest BCUT2D eigenvalue weighted by atomic mass is 10.0. The van der Waals surface area contributed by atoms with E-state index < -0.39 is 6.10 Å². The second kappa shape index (κ2) is 7.54. The highest BCUT2D eigenvalue weighted by Crippen LogP contribution is 2.20. The van der Waals surface area contributed by atoms with Crippen LogP contribution in [-0.2, 0) is 0 Å². The van der Waals surface area contributed by atoms with Gasteiger partial charge < -0.3 is 15.0 Å². The molecule has 0 bridgehead atoms. The minimum absolute atomic E-state index is 0.164. The van der Waals surface area contributed by atoms with Crippen molar-refractivity contribution in [2.75, 3.05) is 6.54 Å². The summed E-state index contributed by atoms with van der Waals surface area (Å²) in [6, 6.07) is 15.2. The average molecular weight is 349 g/mol. The van der Waals surface area contributed by atoms with Crippen LogP contribution in [-0.4, -0.2) is 27.1 Å². The molecule has 0 aliphatic heterocycles. The van der Waals surface area contributed by atoms with Gasteiger partial charge in [0.15, 0.2) is 0 Å². The van der Waals surface area contributed by atoms with Crippen molar-refractivity contribution >= 4 is 5.91 Å². The van der Waals surface area contributed by atoms with E-state index in [0.29, 0.717) is 5.56 Å². The summed E-state index contributed by atoms with van der Waals surface area (Å²) in [5.74, 6) is 0.578. The normalized spacial score (nSPS) is 12.0. The monoisotopic (exact) mass is 349 g/mol. The van der Waals surface area contributed by atoms with Gasteiger partial charge in [-0.05, 0) is 50.1 Å². The summed E-state index contributed by atoms with van der Waals surface area (Å²) in [6.45, 7) is 5.95. The average Bonchev–Trinajstić information content (AvgIpc) is 2.95. The van der Waals surface area contributed by atoms with E-state index in [9.17, 15) is 9.90 Å². The molecule has 0 aliphatic carbocycles. The Morgan fingerprint density at radius 3 is 2.58 bits per heavy atom. The van der Waals surface area contributed by atoms with Crippen LogP contribution in [0.4, 0.5) is 0 Å². The van der Waals surface area contributed by atoms with Crippen molar-refractivity contribution in [2.45, 2.75) is 26.9 Å². The van der Waals surface area contributed by atoms with Crippen molar-refractivity contribution in [1.82, 2.24) is 14.9 Å². The number of aliphatic hydroxyl groups excluding tert-OH is 1. The van der Waals surface area contributed by atoms with Crippen LogP contribution in [0.15, 0.2) is 54.7 Å². The van der Waals surface area contributed by atoms with Crippen LogP contribution in [0.25, 0.3) is 5.82 Å². The largest absolute Gasteiger partial charge is 0.387 e. The van der Waals surface area contributed by atoms with E-state index in [0.717, 1.165) is 28.3 Å². The maximum atomic E-state index is 12.6. The first kappa shape index (κ1) is 17.9. The molecule has 1 unspecified atom stereocenters. The summed E-state index contributed by atoms with van der Waals surface area (Å²) < 4.78 is 1.95. The standard InChI is InChI=1S/C21H23N3O2/c1-14-8-4-5-9-17(14)19(25)13-23-21(26)18-12-15(2)24(16(18)3)20-10-6-7-11-22-20/h4-12,19,25H,13H2,1-3H3,(H,23,26). The molecular formula is C21H23N3O2. The van der Waals surface area contributed by atoms with Crippen molar-refractivity contribution in [3.05, 3.63) is 82.8 Å². The molecule has 0 aliphatic rings. The Morgan fingerprint density at radius 1 is 1.15 bits per heavy atom. The number of rotatable bonds is 5. The molecule has 2 heterocycles. The predicted octanol–water partition coefficient (Wildman–Crippen LogP) is 3.26. The van der Waals surface area contributed by atoms with Gasteiger partial charge in [0.1, 0.15) is 5.82 Å². The van der Waals surface area contributed by atoms with E-state index in [1.165, 1.54) is 0 Å². The van der Waals surface area contributed by atoms with Crippen LogP contribution in [0, 0.1) is 20.8 Å². The van der Waals surface area contributed by atoms with Gasteiger partial charge in [0.05, 0.1) is 11.7 Å². The number of pyridine rings is 1. The third kappa shape index (κ3) is 3.53. The fraction of sp³-hybridized carbons (Fsp3) is 0.238. The minimum Gasteiger partial charge on any atom is -0.387 e. The highest BCUT2D eigenvalue weighted by Gasteiger charge is 2.18. The van der Waals surface area contributed by atoms with Gasteiger partial charge in [-0.1, -0.05) is 30.3 Å². The smallest absolute Gasteiger partial charge is 0.253 e. The molecule has 5 nitrogen and oxygen atoms in total. The molecule has 1 aromatic carbocycles. The summed E-state index contributed by atoms with van der Waals surface area (Å²) in [4.78, 5) is 17.0. The van der Waals surface area contributed by atoms with Gasteiger partial charge in [-0.15, -0.1) is 0 Å². The van der Waals surface area contributed by atoms with E-state index in [1.807, 2.05) is 73.9 Å². The third-order valence-corrected chi connectivity index (χ3v) is 4.56. The number of aryl methyl sites for hydroxylation is 2. The molecule has 3 rings (SSSR count). The fourth-order valence-corrected chi connectivity index (χ4v) is 3.19. The summed E-state index contributed by atoms with van der Waals surface area (Å²) in [5.41, 5.74) is 4.18. The molecule has 0 radical (unpaired) electrons. The number of hydrogen-bond acceptors (Lipinski definition) is 3. The molecule has 1 atom stereocenters. The van der Waals surface area contributed by atoms with E-state index in [-0.39, 0.29) is 12.5 Å². The summed E-state index contributed by atoms with van der Waals surface area (Å²) in [7, 11) is 0. The van der Waals surface area contributed by atoms with Crippen molar-refractivity contribution in [1.29, 1.82) is 0 Å². The fourth-order valence-electron chi connectivity index (χ4n) is 3.19. The quantitative estimate of drug-likeness (QED) is 0.743. The maximum absolute atomic E-state index is 12.6. The first-order chi connectivity index (χ1) is 12.5. The molecule has 3 aromatic rings. The molecular weight excluding hydrogens is 326 g/mol. The molecule has 134 valence electrons. The lowest BCUT2D eigenvalue weighted by Gasteiger charge is -2.14. The molecule has 2 N–H and O–H groups in total. The highest BCUT2D eigenvalue weighted by atomic mass is 16.3. The topological polar surface area (TPSA) is 67.2 Å². The van der Waals surface area contributed by atoms with Gasteiger partial charge in [0, 0.05) is 24.1 Å². The Bertz CT molecular complexity index is 916. The van der Waals surface area contributed by atoms with Gasteiger partial charge >= 0.3 is 0 Å². The van der Waals surface area contributed by atoms with Crippen molar-refractivity contribution in [3.8, 4) is 5.82 Å². The molecule has 5 heteroatoms. The van der Waals surface area contributed by atoms with E-state index in [2.05, 4.69) is 10.3 Å². The van der Waals surface area contributed by atoms with Crippen LogP contribution in [0.3, 0.4) is 0 Å². The number of aliphatic hydroxyl groups is 1. The zero-order valence-corrected chi connectivity index (χ0v) is 15.2. The molecule has 0 spiro atoms. The van der Waals surface area contributed by atoms with Gasteiger partial charge in [-0.3, -0.25) is 4.79 Å². The molecule has 0 saturated heterocycles. The summed E-state index contributed by atoms with van der Waals surface area (Å²) in [6.07, 6.45) is 0.992. The van der Waals surface area contributed by atoms with Gasteiger partial charge in [0.25, 0.3) is 5.91 Å². The number of amides is 1.